The van der Waals surface area contributed by atoms with Crippen molar-refractivity contribution in [3.8, 4) is 0 Å². The van der Waals surface area contributed by atoms with Crippen LogP contribution in [-0.2, 0) is 28.7 Å². The van der Waals surface area contributed by atoms with Crippen LogP contribution in [0, 0.1) is 0 Å². The van der Waals surface area contributed by atoms with Crippen LogP contribution in [0.25, 0.3) is 0 Å². The fourth-order valence-corrected chi connectivity index (χ4v) is 8.50. The quantitative estimate of drug-likeness (QED) is 0.0200. The summed E-state index contributed by atoms with van der Waals surface area (Å²) in [6.45, 7) is 10.8. The first-order valence-electron chi connectivity index (χ1n) is 28.4. The number of unbranched alkanes of at least 4 members (excludes halogenated alkanes) is 24. The van der Waals surface area contributed by atoms with Gasteiger partial charge in [-0.15, -0.1) is 0 Å². The highest BCUT2D eigenvalue weighted by molar-refractivity contribution is 5.80. The number of ether oxygens (including phenoxy) is 2. The number of hydrogen-bond donors (Lipinski definition) is 4. The van der Waals surface area contributed by atoms with Gasteiger partial charge < -0.3 is 30.3 Å². The van der Waals surface area contributed by atoms with Gasteiger partial charge in [0.25, 0.3) is 0 Å². The van der Waals surface area contributed by atoms with Crippen molar-refractivity contribution in [3.63, 3.8) is 0 Å². The monoisotopic (exact) mass is 977 g/mol. The minimum absolute atomic E-state index is 0.0308. The molecule has 0 aliphatic carbocycles. The molecule has 0 aromatic heterocycles. The Morgan fingerprint density at radius 1 is 0.435 bits per heavy atom. The topological polar surface area (TPSA) is 158 Å². The van der Waals surface area contributed by atoms with Gasteiger partial charge in [-0.05, 0) is 78.6 Å². The number of rotatable bonds is 50. The van der Waals surface area contributed by atoms with Crippen molar-refractivity contribution in [1.29, 1.82) is 0 Å². The van der Waals surface area contributed by atoms with Crippen molar-refractivity contribution in [2.75, 3.05) is 46.9 Å². The minimum Gasteiger partial charge on any atom is -0.459 e. The van der Waals surface area contributed by atoms with Gasteiger partial charge in [-0.1, -0.05) is 206 Å². The summed E-state index contributed by atoms with van der Waals surface area (Å²) in [6.07, 6.45) is 39.6. The van der Waals surface area contributed by atoms with E-state index < -0.39 is 24.4 Å². The van der Waals surface area contributed by atoms with Gasteiger partial charge in [-0.2, -0.15) is 0 Å². The zero-order chi connectivity index (χ0) is 51.0. The highest BCUT2D eigenvalue weighted by atomic mass is 16.6. The van der Waals surface area contributed by atoms with Crippen molar-refractivity contribution >= 4 is 23.8 Å². The summed E-state index contributed by atoms with van der Waals surface area (Å²) < 4.78 is 11.6. The van der Waals surface area contributed by atoms with Gasteiger partial charge in [0.1, 0.15) is 12.2 Å². The maximum Gasteiger partial charge on any atom is 0.320 e. The number of carbonyl (C=O) groups excluding carboxylic acids is 4. The number of aliphatic hydroxyl groups is 2. The lowest BCUT2D eigenvalue weighted by molar-refractivity contribution is -0.157. The molecular formula is C57H108N4O8. The van der Waals surface area contributed by atoms with E-state index in [1.165, 1.54) is 116 Å². The Bertz CT molecular complexity index is 1190. The Morgan fingerprint density at radius 2 is 0.725 bits per heavy atom. The van der Waals surface area contributed by atoms with Crippen LogP contribution in [0.15, 0.2) is 24.3 Å². The summed E-state index contributed by atoms with van der Waals surface area (Å²) in [5, 5.41) is 27.3. The largest absolute Gasteiger partial charge is 0.459 e. The molecule has 0 aromatic carbocycles. The summed E-state index contributed by atoms with van der Waals surface area (Å²) in [7, 11) is 3.88. The van der Waals surface area contributed by atoms with E-state index in [-0.39, 0.29) is 69.2 Å². The first kappa shape index (κ1) is 66.2. The van der Waals surface area contributed by atoms with E-state index in [4.69, 9.17) is 9.47 Å². The number of carbonyl (C=O) groups is 4. The fraction of sp³-hybridized carbons (Fsp3) is 0.860. The average Bonchev–Trinajstić information content (AvgIpc) is 3.32. The van der Waals surface area contributed by atoms with Crippen molar-refractivity contribution in [3.05, 3.63) is 24.3 Å². The third-order valence-corrected chi connectivity index (χ3v) is 13.0. The number of esters is 2. The van der Waals surface area contributed by atoms with Crippen LogP contribution in [0.3, 0.4) is 0 Å². The van der Waals surface area contributed by atoms with Gasteiger partial charge in [0.2, 0.25) is 11.8 Å². The fourth-order valence-electron chi connectivity index (χ4n) is 8.50. The van der Waals surface area contributed by atoms with E-state index in [0.29, 0.717) is 12.8 Å². The Kier molecular flexibility index (Phi) is 46.8. The van der Waals surface area contributed by atoms with E-state index in [0.717, 1.165) is 77.3 Å². The second kappa shape index (κ2) is 48.8. The van der Waals surface area contributed by atoms with Crippen molar-refractivity contribution in [1.82, 2.24) is 20.4 Å². The lowest BCUT2D eigenvalue weighted by atomic mass is 10.0. The molecule has 0 bridgehead atoms. The molecule has 0 radical (unpaired) electrons. The van der Waals surface area contributed by atoms with Crippen LogP contribution in [-0.4, -0.2) is 115 Å². The van der Waals surface area contributed by atoms with E-state index in [1.54, 1.807) is 24.3 Å². The minimum atomic E-state index is -0.877. The van der Waals surface area contributed by atoms with Crippen LogP contribution < -0.4 is 10.6 Å². The van der Waals surface area contributed by atoms with Gasteiger partial charge >= 0.3 is 11.9 Å². The highest BCUT2D eigenvalue weighted by Crippen LogP contribution is 2.18. The Labute approximate surface area is 423 Å². The zero-order valence-electron chi connectivity index (χ0n) is 45.4. The third-order valence-electron chi connectivity index (χ3n) is 13.0. The summed E-state index contributed by atoms with van der Waals surface area (Å²) in [4.78, 5) is 54.6. The predicted molar refractivity (Wildman–Crippen MR) is 286 cm³/mol. The predicted octanol–water partition coefficient (Wildman–Crippen LogP) is 12.0. The smallest absolute Gasteiger partial charge is 0.320 e. The third kappa shape index (κ3) is 43.7. The van der Waals surface area contributed by atoms with Gasteiger partial charge in [-0.3, -0.25) is 29.0 Å². The number of nitrogens with zero attached hydrogens (tertiary/aromatic N) is 2. The van der Waals surface area contributed by atoms with Crippen molar-refractivity contribution in [2.24, 2.45) is 0 Å². The van der Waals surface area contributed by atoms with Crippen molar-refractivity contribution in [2.45, 2.75) is 270 Å². The maximum atomic E-state index is 12.9. The molecule has 4 N–H and O–H groups in total. The summed E-state index contributed by atoms with van der Waals surface area (Å²) in [5.74, 6) is -1.22. The van der Waals surface area contributed by atoms with E-state index in [9.17, 15) is 29.4 Å². The number of likely N-dealkylation sites (N-methyl/N-ethyl adjacent to an activating group) is 2. The van der Waals surface area contributed by atoms with Gasteiger partial charge in [0, 0.05) is 12.8 Å². The molecule has 2 amide bonds. The molecule has 0 saturated heterocycles. The molecule has 0 aliphatic heterocycles. The molecule has 0 heterocycles. The molecule has 0 spiro atoms. The molecule has 0 rings (SSSR count). The zero-order valence-corrected chi connectivity index (χ0v) is 45.4. The molecule has 404 valence electrons. The van der Waals surface area contributed by atoms with Crippen LogP contribution in [0.4, 0.5) is 0 Å². The number of hydrogen-bond acceptors (Lipinski definition) is 10. The van der Waals surface area contributed by atoms with Gasteiger partial charge in [0.05, 0.1) is 32.0 Å². The van der Waals surface area contributed by atoms with Gasteiger partial charge in [-0.25, -0.2) is 0 Å². The first-order chi connectivity index (χ1) is 33.5. The normalized spacial score (nSPS) is 13.6. The van der Waals surface area contributed by atoms with Crippen LogP contribution in [0.5, 0.6) is 0 Å². The van der Waals surface area contributed by atoms with Crippen LogP contribution >= 0.6 is 0 Å². The summed E-state index contributed by atoms with van der Waals surface area (Å²) in [6, 6.07) is 0. The Hall–Kier alpha value is -2.80. The molecule has 4 atom stereocenters. The van der Waals surface area contributed by atoms with E-state index in [2.05, 4.69) is 38.3 Å². The average molecular weight is 978 g/mol. The molecule has 0 aromatic rings. The maximum absolute atomic E-state index is 12.9. The molecule has 12 heteroatoms. The van der Waals surface area contributed by atoms with E-state index >= 15 is 0 Å². The standard InChI is InChI=1S/C57H108N4O8/c1-7-11-15-17-19-21-23-25-27-29-37-45-60(5)47-56(66)68-52(41-31-13-9-3)50(62)39-33-35-43-54(64)58-49-59-55(65)44-36-34-40-51(63)53(42-32-14-10-4)69-57(67)48-61(6)46-38-30-28-26-24-22-20-18-16-12-8-2/h33-36,50-53,62-63H,7-32,37-49H2,1-6H3,(H,58,64)(H,59,65). The molecule has 69 heavy (non-hydrogen) atoms. The number of aliphatic hydroxyl groups excluding tert-OH is 2. The van der Waals surface area contributed by atoms with Gasteiger partial charge in [0.15, 0.2) is 0 Å². The second-order valence-electron chi connectivity index (χ2n) is 19.9. The molecule has 0 saturated carbocycles. The molecular weight excluding hydrogens is 869 g/mol. The highest BCUT2D eigenvalue weighted by Gasteiger charge is 2.24. The van der Waals surface area contributed by atoms with Crippen molar-refractivity contribution < 1.29 is 38.9 Å². The Morgan fingerprint density at radius 3 is 1.04 bits per heavy atom. The number of amides is 2. The van der Waals surface area contributed by atoms with E-state index in [1.807, 2.05) is 23.9 Å². The van der Waals surface area contributed by atoms with Crippen LogP contribution in [0.1, 0.15) is 246 Å². The molecule has 12 nitrogen and oxygen atoms in total. The Balaban J connectivity index is 4.52. The molecule has 0 fully saturated rings. The first-order valence-corrected chi connectivity index (χ1v) is 28.4. The number of nitrogens with one attached hydrogen (secondary N) is 2. The lowest BCUT2D eigenvalue weighted by Crippen LogP contribution is -2.36. The summed E-state index contributed by atoms with van der Waals surface area (Å²) in [5.41, 5.74) is 0. The molecule has 4 unspecified atom stereocenters. The van der Waals surface area contributed by atoms with Crippen LogP contribution in [0.2, 0.25) is 0 Å². The summed E-state index contributed by atoms with van der Waals surface area (Å²) >= 11 is 0. The SMILES string of the molecule is CCCCCCCCCCCCCN(C)CC(=O)OC(CCCCC)C(O)CC=CCC(=O)NCNC(=O)CC=CCC(O)C(CCCCC)OC(=O)CN(C)CCCCCCCCCCCCC. The lowest BCUT2D eigenvalue weighted by Gasteiger charge is -2.24. The second-order valence-corrected chi connectivity index (χ2v) is 19.9. The molecule has 0 aliphatic rings.